The Morgan fingerprint density at radius 2 is 1.98 bits per heavy atom. The third-order valence-corrected chi connectivity index (χ3v) is 10.5. The molecule has 11 nitrogen and oxygen atoms in total. The lowest BCUT2D eigenvalue weighted by Crippen LogP contribution is -2.26. The number of aryl methyl sites for hydroxylation is 1. The molecule has 0 radical (unpaired) electrons. The summed E-state index contributed by atoms with van der Waals surface area (Å²) in [5.74, 6) is 1.96. The van der Waals surface area contributed by atoms with E-state index in [2.05, 4.69) is 44.3 Å². The van der Waals surface area contributed by atoms with E-state index in [9.17, 15) is 9.35 Å². The summed E-state index contributed by atoms with van der Waals surface area (Å²) >= 11 is 0.112. The van der Waals surface area contributed by atoms with E-state index < -0.39 is 11.2 Å². The molecule has 1 aliphatic rings. The second-order valence-electron chi connectivity index (χ2n) is 11.2. The van der Waals surface area contributed by atoms with Crippen molar-refractivity contribution in [3.05, 3.63) is 76.0 Å². The van der Waals surface area contributed by atoms with Gasteiger partial charge in [0.1, 0.15) is 22.9 Å². The van der Waals surface area contributed by atoms with Gasteiger partial charge in [0.25, 0.3) is 5.56 Å². The van der Waals surface area contributed by atoms with E-state index in [1.54, 1.807) is 34.7 Å². The van der Waals surface area contributed by atoms with Crippen molar-refractivity contribution >= 4 is 45.2 Å². The van der Waals surface area contributed by atoms with Gasteiger partial charge in [0.2, 0.25) is 10.2 Å². The maximum absolute atomic E-state index is 14.0. The smallest absolute Gasteiger partial charge is 0.263 e. The van der Waals surface area contributed by atoms with Crippen molar-refractivity contribution in [2.75, 3.05) is 51.8 Å². The van der Waals surface area contributed by atoms with Gasteiger partial charge in [-0.25, -0.2) is 15.0 Å². The van der Waals surface area contributed by atoms with Crippen molar-refractivity contribution < 1.29 is 4.55 Å². The Labute approximate surface area is 257 Å². The molecule has 0 bridgehead atoms. The van der Waals surface area contributed by atoms with E-state index in [1.807, 2.05) is 42.7 Å². The Balaban J connectivity index is 1.36. The normalized spacial score (nSPS) is 16.4. The van der Waals surface area contributed by atoms with Gasteiger partial charge in [-0.15, -0.1) is 0 Å². The van der Waals surface area contributed by atoms with Crippen LogP contribution in [0.4, 0.5) is 11.6 Å². The van der Waals surface area contributed by atoms with E-state index in [1.165, 1.54) is 23.3 Å². The summed E-state index contributed by atoms with van der Waals surface area (Å²) in [5, 5.41) is 3.99. The van der Waals surface area contributed by atoms with Gasteiger partial charge in [-0.2, -0.15) is 4.98 Å². The molecule has 0 aliphatic carbocycles. The van der Waals surface area contributed by atoms with Gasteiger partial charge in [0.05, 0.1) is 17.6 Å². The number of nitrogens with one attached hydrogen (secondary N) is 1. The largest absolute Gasteiger partial charge is 0.611 e. The van der Waals surface area contributed by atoms with Crippen molar-refractivity contribution in [1.29, 1.82) is 0 Å². The summed E-state index contributed by atoms with van der Waals surface area (Å²) in [6.45, 7) is 3.00. The Morgan fingerprint density at radius 3 is 2.67 bits per heavy atom. The molecule has 0 saturated carbocycles. The minimum atomic E-state index is -1.24. The molecule has 1 aliphatic heterocycles. The minimum absolute atomic E-state index is 0.126. The number of fused-ring (bicyclic) bond motifs is 1. The highest BCUT2D eigenvalue weighted by molar-refractivity contribution is 7.93. The lowest BCUT2D eigenvalue weighted by Gasteiger charge is -2.15. The van der Waals surface area contributed by atoms with Gasteiger partial charge >= 0.3 is 0 Å². The molecule has 5 aromatic rings. The van der Waals surface area contributed by atoms with Crippen molar-refractivity contribution in [3.8, 4) is 11.4 Å². The first-order chi connectivity index (χ1) is 20.8. The third-order valence-electron chi connectivity index (χ3n) is 7.76. The van der Waals surface area contributed by atoms with Crippen LogP contribution in [0, 0.1) is 0 Å². The number of hydrogen-bond acceptors (Lipinski definition) is 10. The van der Waals surface area contributed by atoms with Crippen LogP contribution in [-0.2, 0) is 24.8 Å². The van der Waals surface area contributed by atoms with Crippen molar-refractivity contribution in [1.82, 2.24) is 38.9 Å². The molecule has 1 saturated heterocycles. The zero-order valence-electron chi connectivity index (χ0n) is 24.7. The summed E-state index contributed by atoms with van der Waals surface area (Å²) in [5.41, 5.74) is 5.12. The van der Waals surface area contributed by atoms with Crippen molar-refractivity contribution in [2.45, 2.75) is 23.1 Å². The van der Waals surface area contributed by atoms with Crippen LogP contribution in [0.5, 0.6) is 0 Å². The maximum atomic E-state index is 14.0. The quantitative estimate of drug-likeness (QED) is 0.235. The number of pyridine rings is 1. The van der Waals surface area contributed by atoms with E-state index in [4.69, 9.17) is 4.98 Å². The molecule has 0 spiro atoms. The fourth-order valence-corrected chi connectivity index (χ4v) is 7.82. The molecule has 224 valence electrons. The number of rotatable bonds is 10. The molecule has 1 fully saturated rings. The van der Waals surface area contributed by atoms with Crippen molar-refractivity contribution in [2.24, 2.45) is 7.05 Å². The minimum Gasteiger partial charge on any atom is -0.611 e. The van der Waals surface area contributed by atoms with Gasteiger partial charge < -0.3 is 24.2 Å². The van der Waals surface area contributed by atoms with Crippen LogP contribution in [0.3, 0.4) is 0 Å². The number of benzene rings is 1. The molecule has 1 N–H and O–H groups in total. The lowest BCUT2D eigenvalue weighted by atomic mass is 9.98. The van der Waals surface area contributed by atoms with E-state index >= 15 is 0 Å². The summed E-state index contributed by atoms with van der Waals surface area (Å²) in [4.78, 5) is 36.7. The van der Waals surface area contributed by atoms with Crippen LogP contribution in [-0.4, -0.2) is 90.0 Å². The molecule has 1 aromatic carbocycles. The zero-order valence-corrected chi connectivity index (χ0v) is 26.4. The van der Waals surface area contributed by atoms with Gasteiger partial charge in [0, 0.05) is 49.8 Å². The predicted octanol–water partition coefficient (Wildman–Crippen LogP) is 3.53. The van der Waals surface area contributed by atoms with E-state index in [0.29, 0.717) is 56.5 Å². The number of nitrogens with zero attached hydrogens (tertiary/aromatic N) is 8. The first-order valence-corrected chi connectivity index (χ1v) is 16.4. The molecule has 0 amide bonds. The third kappa shape index (κ3) is 6.36. The zero-order chi connectivity index (χ0) is 30.1. The van der Waals surface area contributed by atoms with Gasteiger partial charge in [-0.3, -0.25) is 9.36 Å². The molecular formula is C30H35N9O2S2. The molecular weight excluding hydrogens is 583 g/mol. The number of hydrogen-bond donors (Lipinski definition) is 1. The van der Waals surface area contributed by atoms with E-state index in [0.717, 1.165) is 18.8 Å². The molecule has 4 aromatic heterocycles. The van der Waals surface area contributed by atoms with Crippen LogP contribution in [0.2, 0.25) is 0 Å². The highest BCUT2D eigenvalue weighted by Crippen LogP contribution is 2.28. The molecule has 2 atom stereocenters. The number of aromatic nitrogens is 6. The van der Waals surface area contributed by atoms with E-state index in [-0.39, 0.29) is 12.1 Å². The average Bonchev–Trinajstić information content (AvgIpc) is 3.75. The van der Waals surface area contributed by atoms with Gasteiger partial charge in [0.15, 0.2) is 0 Å². The summed E-state index contributed by atoms with van der Waals surface area (Å²) in [7, 11) is 7.91. The van der Waals surface area contributed by atoms with Crippen LogP contribution in [0.25, 0.3) is 22.4 Å². The number of likely N-dealkylation sites (N-methyl/N-ethyl adjacent to an activating group) is 1. The lowest BCUT2D eigenvalue weighted by molar-refractivity contribution is 0.411. The van der Waals surface area contributed by atoms with Gasteiger partial charge in [-0.1, -0.05) is 23.5 Å². The number of thiazole rings is 1. The highest BCUT2D eigenvalue weighted by Gasteiger charge is 2.24. The molecule has 6 rings (SSSR count). The molecule has 13 heteroatoms. The van der Waals surface area contributed by atoms with Crippen LogP contribution < -0.4 is 10.9 Å². The first-order valence-electron chi connectivity index (χ1n) is 14.2. The standard InChI is InChI=1S/C30H35N9O2S2/c1-36(2)13-14-43(41)29-25(33-19-42-29)18-39-26-22(15-24(28(39)40)27-31-10-12-38(27)4)16-32-30(35-26)34-23-7-5-20(6-8-23)21-9-11-37(3)17-21/h5-8,10,12,15-16,19,21H,9,11,13-14,17-18H2,1-4H3,(H,32,34,35). The molecule has 5 heterocycles. The first kappa shape index (κ1) is 29.5. The fraction of sp³-hybridized carbons (Fsp3) is 0.367. The van der Waals surface area contributed by atoms with Gasteiger partial charge in [-0.05, 0) is 75.0 Å². The Bertz CT molecular complexity index is 1780. The number of imidazole rings is 1. The monoisotopic (exact) mass is 617 g/mol. The summed E-state index contributed by atoms with van der Waals surface area (Å²) in [6.07, 6.45) is 6.34. The van der Waals surface area contributed by atoms with Crippen LogP contribution in [0.1, 0.15) is 23.6 Å². The summed E-state index contributed by atoms with van der Waals surface area (Å²) in [6, 6.07) is 10.2. The van der Waals surface area contributed by atoms with Crippen molar-refractivity contribution in [3.63, 3.8) is 0 Å². The SMILES string of the molecule is CN(C)CC[S+]([O-])c1scnc1Cn1c(=O)c(-c2nccn2C)cc2cnc(Nc3ccc(C4CCN(C)C4)cc3)nc21. The average molecular weight is 618 g/mol. The Kier molecular flexibility index (Phi) is 8.59. The maximum Gasteiger partial charge on any atom is 0.263 e. The highest BCUT2D eigenvalue weighted by atomic mass is 32.2. The fourth-order valence-electron chi connectivity index (χ4n) is 5.38. The van der Waals surface area contributed by atoms with Crippen LogP contribution in [0.15, 0.2) is 63.4 Å². The second-order valence-corrected chi connectivity index (χ2v) is 13.8. The number of likely N-dealkylation sites (tertiary alicyclic amines) is 1. The predicted molar refractivity (Wildman–Crippen MR) is 172 cm³/mol. The molecule has 43 heavy (non-hydrogen) atoms. The van der Waals surface area contributed by atoms with Crippen LogP contribution >= 0.6 is 11.3 Å². The topological polar surface area (TPSA) is 120 Å². The second kappa shape index (κ2) is 12.5. The Hall–Kier alpha value is -3.62. The summed E-state index contributed by atoms with van der Waals surface area (Å²) < 4.78 is 17.2. The number of anilines is 2. The Morgan fingerprint density at radius 1 is 1.16 bits per heavy atom. The molecule has 2 unspecified atom stereocenters.